The Morgan fingerprint density at radius 1 is 1.27 bits per heavy atom. The third kappa shape index (κ3) is 4.93. The number of rotatable bonds is 8. The maximum Gasteiger partial charge on any atom is 0.262 e. The summed E-state index contributed by atoms with van der Waals surface area (Å²) in [4.78, 5) is 16.9. The number of piperidine rings is 1. The van der Waals surface area contributed by atoms with Crippen molar-refractivity contribution in [2.75, 3.05) is 31.6 Å². The minimum Gasteiger partial charge on any atom is -0.494 e. The molecule has 1 aromatic heterocycles. The first kappa shape index (κ1) is 22.1. The molecule has 1 atom stereocenters. The summed E-state index contributed by atoms with van der Waals surface area (Å²) in [6, 6.07) is 5.26. The molecule has 10 heteroatoms. The summed E-state index contributed by atoms with van der Waals surface area (Å²) >= 11 is 0. The highest BCUT2D eigenvalue weighted by atomic mass is 32.2. The monoisotopic (exact) mass is 436 g/mol. The van der Waals surface area contributed by atoms with Crippen molar-refractivity contribution in [1.82, 2.24) is 13.9 Å². The topological polar surface area (TPSA) is 103 Å². The minimum absolute atomic E-state index is 0.00546. The lowest BCUT2D eigenvalue weighted by atomic mass is 9.98. The quantitative estimate of drug-likeness (QED) is 0.681. The molecule has 3 rings (SSSR count). The van der Waals surface area contributed by atoms with Crippen LogP contribution in [0.1, 0.15) is 26.7 Å². The second-order valence-electron chi connectivity index (χ2n) is 7.09. The SMILES string of the molecule is CCOc1ccc(OCC)c(NC(=O)[C@@H]2CCCN(S(=O)(=O)c3cn(C)cn3)C2)c1. The van der Waals surface area contributed by atoms with Crippen LogP contribution in [0.3, 0.4) is 0 Å². The number of hydrogen-bond acceptors (Lipinski definition) is 6. The average Bonchev–Trinajstić information content (AvgIpc) is 3.17. The van der Waals surface area contributed by atoms with Crippen LogP contribution in [0.5, 0.6) is 11.5 Å². The van der Waals surface area contributed by atoms with Crippen molar-refractivity contribution < 1.29 is 22.7 Å². The predicted octanol–water partition coefficient (Wildman–Crippen LogP) is 2.26. The molecular formula is C20H28N4O5S. The number of hydrogen-bond donors (Lipinski definition) is 1. The van der Waals surface area contributed by atoms with Crippen LogP contribution in [0.25, 0.3) is 0 Å². The van der Waals surface area contributed by atoms with Gasteiger partial charge in [0.05, 0.1) is 31.1 Å². The van der Waals surface area contributed by atoms with Crippen LogP contribution in [-0.4, -0.2) is 54.5 Å². The van der Waals surface area contributed by atoms with E-state index >= 15 is 0 Å². The summed E-state index contributed by atoms with van der Waals surface area (Å²) < 4.78 is 39.8. The van der Waals surface area contributed by atoms with Gasteiger partial charge in [0, 0.05) is 32.4 Å². The highest BCUT2D eigenvalue weighted by Gasteiger charge is 2.34. The molecule has 1 N–H and O–H groups in total. The largest absolute Gasteiger partial charge is 0.494 e. The summed E-state index contributed by atoms with van der Waals surface area (Å²) in [7, 11) is -2.02. The molecule has 30 heavy (non-hydrogen) atoms. The summed E-state index contributed by atoms with van der Waals surface area (Å²) in [5, 5.41) is 2.89. The molecule has 1 saturated heterocycles. The van der Waals surface area contributed by atoms with Gasteiger partial charge in [-0.2, -0.15) is 4.31 Å². The van der Waals surface area contributed by atoms with E-state index in [2.05, 4.69) is 10.3 Å². The van der Waals surface area contributed by atoms with Crippen LogP contribution < -0.4 is 14.8 Å². The van der Waals surface area contributed by atoms with Gasteiger partial charge in [0.2, 0.25) is 5.91 Å². The number of sulfonamides is 1. The molecule has 0 unspecified atom stereocenters. The number of aromatic nitrogens is 2. The van der Waals surface area contributed by atoms with Crippen molar-refractivity contribution in [1.29, 1.82) is 0 Å². The molecular weight excluding hydrogens is 408 g/mol. The normalized spacial score (nSPS) is 17.5. The number of anilines is 1. The zero-order valence-corrected chi connectivity index (χ0v) is 18.3. The van der Waals surface area contributed by atoms with Gasteiger partial charge in [0.25, 0.3) is 10.0 Å². The fraction of sp³-hybridized carbons (Fsp3) is 0.500. The van der Waals surface area contributed by atoms with Crippen LogP contribution in [0.2, 0.25) is 0 Å². The first-order valence-electron chi connectivity index (χ1n) is 10.0. The summed E-state index contributed by atoms with van der Waals surface area (Å²) in [5.41, 5.74) is 0.512. The number of benzene rings is 1. The first-order chi connectivity index (χ1) is 14.3. The van der Waals surface area contributed by atoms with E-state index in [0.717, 1.165) is 0 Å². The number of carbonyl (C=O) groups excluding carboxylic acids is 1. The number of imidazole rings is 1. The van der Waals surface area contributed by atoms with E-state index in [1.165, 1.54) is 16.8 Å². The van der Waals surface area contributed by atoms with Crippen molar-refractivity contribution in [2.45, 2.75) is 31.7 Å². The Kier molecular flexibility index (Phi) is 6.99. The van der Waals surface area contributed by atoms with Crippen LogP contribution >= 0.6 is 0 Å². The minimum atomic E-state index is -3.73. The van der Waals surface area contributed by atoms with Crippen molar-refractivity contribution in [3.05, 3.63) is 30.7 Å². The maximum atomic E-state index is 13.0. The molecule has 0 spiro atoms. The third-order valence-electron chi connectivity index (χ3n) is 4.86. The first-order valence-corrected chi connectivity index (χ1v) is 11.5. The number of carbonyl (C=O) groups is 1. The number of aryl methyl sites for hydroxylation is 1. The molecule has 0 aliphatic carbocycles. The Bertz CT molecular complexity index is 989. The van der Waals surface area contributed by atoms with Gasteiger partial charge < -0.3 is 19.4 Å². The van der Waals surface area contributed by atoms with Crippen LogP contribution in [0.4, 0.5) is 5.69 Å². The van der Waals surface area contributed by atoms with Gasteiger partial charge >= 0.3 is 0 Å². The highest BCUT2D eigenvalue weighted by molar-refractivity contribution is 7.89. The molecule has 1 aliphatic rings. The average molecular weight is 437 g/mol. The second kappa shape index (κ2) is 9.48. The van der Waals surface area contributed by atoms with E-state index in [-0.39, 0.29) is 17.5 Å². The Morgan fingerprint density at radius 3 is 2.70 bits per heavy atom. The number of ether oxygens (including phenoxy) is 2. The molecule has 0 radical (unpaired) electrons. The zero-order valence-electron chi connectivity index (χ0n) is 17.5. The molecule has 0 saturated carbocycles. The van der Waals surface area contributed by atoms with Crippen molar-refractivity contribution in [3.8, 4) is 11.5 Å². The van der Waals surface area contributed by atoms with Crippen LogP contribution in [0, 0.1) is 5.92 Å². The molecule has 1 fully saturated rings. The lowest BCUT2D eigenvalue weighted by Crippen LogP contribution is -2.43. The van der Waals surface area contributed by atoms with Gasteiger partial charge in [-0.05, 0) is 38.8 Å². The van der Waals surface area contributed by atoms with E-state index in [9.17, 15) is 13.2 Å². The molecule has 2 heterocycles. The number of nitrogens with zero attached hydrogens (tertiary/aromatic N) is 3. The van der Waals surface area contributed by atoms with Crippen molar-refractivity contribution >= 4 is 21.6 Å². The molecule has 1 aliphatic heterocycles. The summed E-state index contributed by atoms with van der Waals surface area (Å²) in [6.07, 6.45) is 4.12. The van der Waals surface area contributed by atoms with Gasteiger partial charge in [-0.1, -0.05) is 0 Å². The summed E-state index contributed by atoms with van der Waals surface area (Å²) in [5.74, 6) is 0.454. The van der Waals surface area contributed by atoms with Crippen molar-refractivity contribution in [3.63, 3.8) is 0 Å². The zero-order chi connectivity index (χ0) is 21.7. The lowest BCUT2D eigenvalue weighted by molar-refractivity contribution is -0.120. The van der Waals surface area contributed by atoms with Crippen LogP contribution in [-0.2, 0) is 21.9 Å². The second-order valence-corrected chi connectivity index (χ2v) is 8.98. The summed E-state index contributed by atoms with van der Waals surface area (Å²) in [6.45, 7) is 5.18. The lowest BCUT2D eigenvalue weighted by Gasteiger charge is -2.30. The van der Waals surface area contributed by atoms with Gasteiger partial charge in [-0.3, -0.25) is 4.79 Å². The van der Waals surface area contributed by atoms with Gasteiger partial charge in [-0.25, -0.2) is 13.4 Å². The maximum absolute atomic E-state index is 13.0. The predicted molar refractivity (Wildman–Crippen MR) is 112 cm³/mol. The molecule has 0 bridgehead atoms. The molecule has 2 aromatic rings. The molecule has 1 aromatic carbocycles. The van der Waals surface area contributed by atoms with E-state index in [1.54, 1.807) is 29.8 Å². The van der Waals surface area contributed by atoms with E-state index in [0.29, 0.717) is 49.8 Å². The number of nitrogens with one attached hydrogen (secondary N) is 1. The van der Waals surface area contributed by atoms with E-state index in [4.69, 9.17) is 9.47 Å². The Morgan fingerprint density at radius 2 is 2.03 bits per heavy atom. The fourth-order valence-electron chi connectivity index (χ4n) is 3.41. The van der Waals surface area contributed by atoms with Gasteiger partial charge in [0.15, 0.2) is 5.03 Å². The fourth-order valence-corrected chi connectivity index (χ4v) is 4.90. The Hall–Kier alpha value is -2.59. The van der Waals surface area contributed by atoms with Crippen LogP contribution in [0.15, 0.2) is 35.7 Å². The molecule has 9 nitrogen and oxygen atoms in total. The molecule has 164 valence electrons. The standard InChI is InChI=1S/C20H28N4O5S/c1-4-28-16-8-9-18(29-5-2)17(11-16)22-20(25)15-7-6-10-24(12-15)30(26,27)19-13-23(3)14-21-19/h8-9,11,13-15H,4-7,10,12H2,1-3H3,(H,22,25)/t15-/m1/s1. The highest BCUT2D eigenvalue weighted by Crippen LogP contribution is 2.31. The van der Waals surface area contributed by atoms with E-state index in [1.807, 2.05) is 13.8 Å². The molecule has 1 amide bonds. The number of amides is 1. The van der Waals surface area contributed by atoms with Gasteiger partial charge in [0.1, 0.15) is 11.5 Å². The van der Waals surface area contributed by atoms with E-state index < -0.39 is 15.9 Å². The van der Waals surface area contributed by atoms with Crippen molar-refractivity contribution in [2.24, 2.45) is 13.0 Å². The van der Waals surface area contributed by atoms with Gasteiger partial charge in [-0.15, -0.1) is 0 Å². The smallest absolute Gasteiger partial charge is 0.262 e. The Balaban J connectivity index is 1.75. The third-order valence-corrected chi connectivity index (χ3v) is 6.61. The Labute approximate surface area is 177 Å².